The standard InChI is InChI=1S/C31H30O3/c1-20(2)23-14-8-10-16-25(23)27-18-19-28(34-31(32)33)29(22-12-6-5-7-13-22)30(27)26-17-11-9-15-24(26)21(3)4/h5-21H,1-4H3,(H,32,33). The van der Waals surface area contributed by atoms with E-state index in [1.807, 2.05) is 42.5 Å². The minimum atomic E-state index is -1.32. The van der Waals surface area contributed by atoms with E-state index in [9.17, 15) is 9.90 Å². The van der Waals surface area contributed by atoms with Crippen LogP contribution in [0.25, 0.3) is 33.4 Å². The molecule has 1 N–H and O–H groups in total. The summed E-state index contributed by atoms with van der Waals surface area (Å²) in [6, 6.07) is 30.5. The molecule has 0 unspecified atom stereocenters. The molecular weight excluding hydrogens is 420 g/mol. The van der Waals surface area contributed by atoms with E-state index in [2.05, 4.69) is 70.2 Å². The van der Waals surface area contributed by atoms with Gasteiger partial charge in [-0.3, -0.25) is 0 Å². The summed E-state index contributed by atoms with van der Waals surface area (Å²) in [5, 5.41) is 9.52. The fourth-order valence-corrected chi connectivity index (χ4v) is 4.63. The molecule has 4 aromatic rings. The quantitative estimate of drug-likeness (QED) is 0.235. The average molecular weight is 451 g/mol. The van der Waals surface area contributed by atoms with E-state index in [-0.39, 0.29) is 5.92 Å². The Morgan fingerprint density at radius 2 is 1.15 bits per heavy atom. The molecule has 0 heterocycles. The Labute approximate surface area is 201 Å². The lowest BCUT2D eigenvalue weighted by Gasteiger charge is -2.24. The number of hydrogen-bond donors (Lipinski definition) is 1. The molecule has 0 aliphatic carbocycles. The molecule has 0 radical (unpaired) electrons. The molecule has 0 aliphatic rings. The van der Waals surface area contributed by atoms with Gasteiger partial charge >= 0.3 is 6.16 Å². The summed E-state index contributed by atoms with van der Waals surface area (Å²) in [4.78, 5) is 11.7. The summed E-state index contributed by atoms with van der Waals surface area (Å²) < 4.78 is 5.35. The Hall–Kier alpha value is -3.85. The van der Waals surface area contributed by atoms with E-state index in [4.69, 9.17) is 4.74 Å². The predicted octanol–water partition coefficient (Wildman–Crippen LogP) is 8.99. The molecular formula is C31H30O3. The average Bonchev–Trinajstić information content (AvgIpc) is 2.84. The van der Waals surface area contributed by atoms with Gasteiger partial charge in [-0.15, -0.1) is 0 Å². The number of ether oxygens (including phenoxy) is 1. The van der Waals surface area contributed by atoms with Gasteiger partial charge in [0.25, 0.3) is 0 Å². The molecule has 3 heteroatoms. The largest absolute Gasteiger partial charge is 0.511 e. The Kier molecular flexibility index (Phi) is 6.83. The molecule has 0 spiro atoms. The smallest absolute Gasteiger partial charge is 0.449 e. The van der Waals surface area contributed by atoms with Gasteiger partial charge in [-0.05, 0) is 57.3 Å². The first-order valence-electron chi connectivity index (χ1n) is 11.7. The van der Waals surface area contributed by atoms with Gasteiger partial charge in [0.15, 0.2) is 0 Å². The van der Waals surface area contributed by atoms with Crippen LogP contribution in [0.1, 0.15) is 50.7 Å². The van der Waals surface area contributed by atoms with E-state index in [0.29, 0.717) is 11.7 Å². The van der Waals surface area contributed by atoms with E-state index >= 15 is 0 Å². The van der Waals surface area contributed by atoms with Crippen molar-refractivity contribution in [3.63, 3.8) is 0 Å². The Balaban J connectivity index is 2.18. The number of rotatable bonds is 6. The van der Waals surface area contributed by atoms with Crippen LogP contribution in [0.3, 0.4) is 0 Å². The van der Waals surface area contributed by atoms with E-state index < -0.39 is 6.16 Å². The summed E-state index contributed by atoms with van der Waals surface area (Å²) >= 11 is 0. The highest BCUT2D eigenvalue weighted by Crippen LogP contribution is 2.48. The molecule has 0 bridgehead atoms. The van der Waals surface area contributed by atoms with Crippen LogP contribution in [0.4, 0.5) is 4.79 Å². The molecule has 0 aliphatic heterocycles. The zero-order chi connectivity index (χ0) is 24.2. The minimum absolute atomic E-state index is 0.289. The van der Waals surface area contributed by atoms with Gasteiger partial charge in [-0.1, -0.05) is 107 Å². The van der Waals surface area contributed by atoms with Crippen molar-refractivity contribution in [3.05, 3.63) is 102 Å². The maximum Gasteiger partial charge on any atom is 0.511 e. The number of benzene rings is 4. The molecule has 0 fully saturated rings. The molecule has 0 aromatic heterocycles. The van der Waals surface area contributed by atoms with Crippen molar-refractivity contribution in [3.8, 4) is 39.1 Å². The fourth-order valence-electron chi connectivity index (χ4n) is 4.63. The number of hydrogen-bond acceptors (Lipinski definition) is 2. The molecule has 0 saturated carbocycles. The Bertz CT molecular complexity index is 1300. The van der Waals surface area contributed by atoms with Crippen molar-refractivity contribution in [2.45, 2.75) is 39.5 Å². The van der Waals surface area contributed by atoms with Crippen LogP contribution in [0.15, 0.2) is 91.0 Å². The van der Waals surface area contributed by atoms with Gasteiger partial charge in [-0.25, -0.2) is 4.79 Å². The van der Waals surface area contributed by atoms with Crippen LogP contribution in [0, 0.1) is 0 Å². The topological polar surface area (TPSA) is 46.5 Å². The van der Waals surface area contributed by atoms with Gasteiger partial charge in [0.2, 0.25) is 0 Å². The lowest BCUT2D eigenvalue weighted by molar-refractivity contribution is 0.144. The zero-order valence-electron chi connectivity index (χ0n) is 20.1. The summed E-state index contributed by atoms with van der Waals surface area (Å²) in [5.41, 5.74) is 8.43. The molecule has 34 heavy (non-hydrogen) atoms. The third-order valence-corrected chi connectivity index (χ3v) is 6.15. The molecule has 0 saturated heterocycles. The van der Waals surface area contributed by atoms with E-state index in [1.165, 1.54) is 11.1 Å². The van der Waals surface area contributed by atoms with E-state index in [0.717, 1.165) is 33.4 Å². The lowest BCUT2D eigenvalue weighted by atomic mass is 9.81. The van der Waals surface area contributed by atoms with Crippen molar-refractivity contribution >= 4 is 6.16 Å². The van der Waals surface area contributed by atoms with Crippen LogP contribution in [0.5, 0.6) is 5.75 Å². The van der Waals surface area contributed by atoms with Gasteiger partial charge in [0.05, 0.1) is 0 Å². The van der Waals surface area contributed by atoms with Crippen molar-refractivity contribution in [1.29, 1.82) is 0 Å². The summed E-state index contributed by atoms with van der Waals surface area (Å²) in [6.07, 6.45) is -1.32. The molecule has 0 atom stereocenters. The maximum absolute atomic E-state index is 11.7. The second-order valence-electron chi connectivity index (χ2n) is 9.08. The van der Waals surface area contributed by atoms with Gasteiger partial charge in [-0.2, -0.15) is 0 Å². The van der Waals surface area contributed by atoms with Crippen molar-refractivity contribution in [2.75, 3.05) is 0 Å². The van der Waals surface area contributed by atoms with Crippen LogP contribution in [-0.4, -0.2) is 11.3 Å². The zero-order valence-corrected chi connectivity index (χ0v) is 20.1. The maximum atomic E-state index is 11.7. The third-order valence-electron chi connectivity index (χ3n) is 6.15. The minimum Gasteiger partial charge on any atom is -0.449 e. The van der Waals surface area contributed by atoms with Crippen molar-refractivity contribution < 1.29 is 14.6 Å². The van der Waals surface area contributed by atoms with Crippen LogP contribution >= 0.6 is 0 Å². The van der Waals surface area contributed by atoms with E-state index in [1.54, 1.807) is 6.07 Å². The molecule has 0 amide bonds. The first kappa shape index (κ1) is 23.3. The molecule has 3 nitrogen and oxygen atoms in total. The van der Waals surface area contributed by atoms with Crippen LogP contribution < -0.4 is 4.74 Å². The highest BCUT2D eigenvalue weighted by Gasteiger charge is 2.24. The first-order valence-corrected chi connectivity index (χ1v) is 11.7. The van der Waals surface area contributed by atoms with Crippen LogP contribution in [-0.2, 0) is 0 Å². The summed E-state index contributed by atoms with van der Waals surface area (Å²) in [6.45, 7) is 8.75. The second kappa shape index (κ2) is 9.96. The monoisotopic (exact) mass is 450 g/mol. The van der Waals surface area contributed by atoms with Crippen molar-refractivity contribution in [1.82, 2.24) is 0 Å². The Morgan fingerprint density at radius 1 is 0.618 bits per heavy atom. The number of carboxylic acid groups (broad SMARTS) is 1. The molecule has 4 rings (SSSR count). The summed E-state index contributed by atoms with van der Waals surface area (Å²) in [5.74, 6) is 0.953. The van der Waals surface area contributed by atoms with Crippen LogP contribution in [0.2, 0.25) is 0 Å². The first-order chi connectivity index (χ1) is 16.4. The highest BCUT2D eigenvalue weighted by molar-refractivity contribution is 5.99. The SMILES string of the molecule is CC(C)c1ccccc1-c1ccc(OC(=O)O)c(-c2ccccc2)c1-c1ccccc1C(C)C. The molecule has 4 aromatic carbocycles. The van der Waals surface area contributed by atoms with Crippen molar-refractivity contribution in [2.24, 2.45) is 0 Å². The second-order valence-corrected chi connectivity index (χ2v) is 9.08. The normalized spacial score (nSPS) is 11.1. The highest BCUT2D eigenvalue weighted by atomic mass is 16.7. The molecule has 172 valence electrons. The predicted molar refractivity (Wildman–Crippen MR) is 140 cm³/mol. The number of carbonyl (C=O) groups is 1. The Morgan fingerprint density at radius 3 is 1.74 bits per heavy atom. The van der Waals surface area contributed by atoms with Gasteiger partial charge in [0.1, 0.15) is 5.75 Å². The van der Waals surface area contributed by atoms with Gasteiger partial charge in [0, 0.05) is 11.1 Å². The lowest BCUT2D eigenvalue weighted by Crippen LogP contribution is -2.06. The van der Waals surface area contributed by atoms with Gasteiger partial charge < -0.3 is 9.84 Å². The fraction of sp³-hybridized carbons (Fsp3) is 0.194. The third kappa shape index (κ3) is 4.60. The summed E-state index contributed by atoms with van der Waals surface area (Å²) in [7, 11) is 0.